The molecule has 0 aromatic rings. The number of carbonyl (C=O) groups excluding carboxylic acids is 4. The summed E-state index contributed by atoms with van der Waals surface area (Å²) in [5.74, 6) is -49.8. The lowest BCUT2D eigenvalue weighted by molar-refractivity contribution is -0.427. The molecule has 0 aliphatic heterocycles. The summed E-state index contributed by atoms with van der Waals surface area (Å²) in [6, 6.07) is 0. The smallest absolute Gasteiger partial charge is 0.384 e. The summed E-state index contributed by atoms with van der Waals surface area (Å²) in [5.41, 5.74) is -4.15. The van der Waals surface area contributed by atoms with E-state index < -0.39 is 128 Å². The minimum Gasteiger partial charge on any atom is -0.462 e. The second-order valence-corrected chi connectivity index (χ2v) is 11.7. The van der Waals surface area contributed by atoms with Gasteiger partial charge in [0.05, 0.1) is 6.61 Å². The Morgan fingerprint density at radius 2 is 1.00 bits per heavy atom. The highest BCUT2D eigenvalue weighted by Crippen LogP contribution is 2.62. The van der Waals surface area contributed by atoms with E-state index in [1.54, 1.807) is 6.92 Å². The number of carbonyl (C=O) groups is 4. The van der Waals surface area contributed by atoms with Gasteiger partial charge in [-0.3, -0.25) is 4.79 Å². The van der Waals surface area contributed by atoms with E-state index >= 15 is 17.6 Å². The third kappa shape index (κ3) is 10.8. The Bertz CT molecular complexity index is 1200. The van der Waals surface area contributed by atoms with Crippen molar-refractivity contribution in [3.8, 4) is 0 Å². The lowest BCUT2D eigenvalue weighted by Gasteiger charge is -2.43. The number of aliphatic hydroxyl groups excluding tert-OH is 1. The number of rotatable bonds is 24. The molecule has 0 rings (SSSR count). The van der Waals surface area contributed by atoms with Gasteiger partial charge in [-0.05, 0) is 26.7 Å². The van der Waals surface area contributed by atoms with Gasteiger partial charge in [-0.1, -0.05) is 45.8 Å². The summed E-state index contributed by atoms with van der Waals surface area (Å²) in [6.45, 7) is 3.74. The Balaban J connectivity index is 6.98. The van der Waals surface area contributed by atoms with Gasteiger partial charge in [-0.15, -0.1) is 0 Å². The third-order valence-electron chi connectivity index (χ3n) is 7.25. The molecule has 0 fully saturated rings. The first-order valence-electron chi connectivity index (χ1n) is 14.8. The zero-order valence-corrected chi connectivity index (χ0v) is 27.2. The van der Waals surface area contributed by atoms with Crippen LogP contribution in [0.2, 0.25) is 0 Å². The maximum atomic E-state index is 15.4. The maximum absolute atomic E-state index is 15.4. The molecule has 0 aliphatic carbocycles. The van der Waals surface area contributed by atoms with Gasteiger partial charge in [-0.25, -0.2) is 14.4 Å². The van der Waals surface area contributed by atoms with Crippen LogP contribution in [0.5, 0.6) is 0 Å². The van der Waals surface area contributed by atoms with E-state index in [9.17, 15) is 54.3 Å². The molecule has 0 aromatic heterocycles. The first-order valence-corrected chi connectivity index (χ1v) is 14.8. The van der Waals surface area contributed by atoms with E-state index in [4.69, 9.17) is 5.11 Å². The summed E-state index contributed by atoms with van der Waals surface area (Å²) >= 11 is 0. The number of hydrogen-bond donors (Lipinski definition) is 1. The lowest BCUT2D eigenvalue weighted by Crippen LogP contribution is -2.71. The molecule has 0 heterocycles. The Labute approximate surface area is 279 Å². The van der Waals surface area contributed by atoms with Crippen molar-refractivity contribution in [3.63, 3.8) is 0 Å². The Kier molecular flexibility index (Phi) is 16.6. The predicted molar refractivity (Wildman–Crippen MR) is 149 cm³/mol. The number of alkyl halides is 12. The predicted octanol–water partition coefficient (Wildman–Crippen LogP) is 7.27. The highest BCUT2D eigenvalue weighted by Gasteiger charge is 2.89. The van der Waals surface area contributed by atoms with Crippen LogP contribution in [0.15, 0.2) is 24.3 Å². The standard InChI is InChI=1S/C30H38F12O8/c1-6-7-8-9-10-11-25(31,32)27(35,36)29(39,40)30(41,42)28(37,38)26(33,34)15-24(16-49-21(45)18(2)3,17-50-22(46)19(4)5)12-13-48-23(47)20(44)14-43/h43H,2,4,6-17H2,1,3,5H3. The molecule has 0 aliphatic rings. The molecule has 0 spiro atoms. The molecule has 0 saturated carbocycles. The monoisotopic (exact) mass is 754 g/mol. The summed E-state index contributed by atoms with van der Waals surface area (Å²) < 4.78 is 190. The second-order valence-electron chi connectivity index (χ2n) is 11.7. The molecule has 0 unspecified atom stereocenters. The summed E-state index contributed by atoms with van der Waals surface area (Å²) in [7, 11) is 0. The molecule has 1 N–H and O–H groups in total. The second kappa shape index (κ2) is 17.7. The lowest BCUT2D eigenvalue weighted by atomic mass is 9.77. The zero-order chi connectivity index (χ0) is 39.6. The molecule has 0 amide bonds. The molecule has 290 valence electrons. The fraction of sp³-hybridized carbons (Fsp3) is 0.733. The van der Waals surface area contributed by atoms with Gasteiger partial charge >= 0.3 is 53.4 Å². The van der Waals surface area contributed by atoms with Gasteiger partial charge in [0.25, 0.3) is 5.78 Å². The van der Waals surface area contributed by atoms with Crippen LogP contribution >= 0.6 is 0 Å². The molecule has 20 heteroatoms. The first kappa shape index (κ1) is 46.7. The molecule has 0 aromatic carbocycles. The largest absolute Gasteiger partial charge is 0.462 e. The fourth-order valence-electron chi connectivity index (χ4n) is 4.11. The third-order valence-corrected chi connectivity index (χ3v) is 7.25. The van der Waals surface area contributed by atoms with Gasteiger partial charge in [0.1, 0.15) is 19.8 Å². The van der Waals surface area contributed by atoms with Crippen LogP contribution in [0.1, 0.15) is 72.1 Å². The zero-order valence-electron chi connectivity index (χ0n) is 27.2. The fourth-order valence-corrected chi connectivity index (χ4v) is 4.11. The number of halogens is 12. The van der Waals surface area contributed by atoms with Crippen molar-refractivity contribution in [2.24, 2.45) is 5.41 Å². The summed E-state index contributed by atoms with van der Waals surface area (Å²) in [4.78, 5) is 47.0. The van der Waals surface area contributed by atoms with Crippen LogP contribution in [-0.2, 0) is 33.4 Å². The van der Waals surface area contributed by atoms with E-state index in [0.717, 1.165) is 13.8 Å². The van der Waals surface area contributed by atoms with Crippen LogP contribution in [0, 0.1) is 5.41 Å². The topological polar surface area (TPSA) is 116 Å². The van der Waals surface area contributed by atoms with Crippen LogP contribution in [-0.4, -0.2) is 90.8 Å². The van der Waals surface area contributed by atoms with Crippen molar-refractivity contribution in [2.45, 2.75) is 108 Å². The van der Waals surface area contributed by atoms with E-state index in [2.05, 4.69) is 27.4 Å². The van der Waals surface area contributed by atoms with E-state index in [0.29, 0.717) is 12.8 Å². The highest BCUT2D eigenvalue weighted by atomic mass is 19.4. The van der Waals surface area contributed by atoms with E-state index in [1.807, 2.05) is 0 Å². The van der Waals surface area contributed by atoms with Crippen molar-refractivity contribution in [3.05, 3.63) is 24.3 Å². The average molecular weight is 755 g/mol. The first-order chi connectivity index (χ1) is 22.5. The number of ether oxygens (including phenoxy) is 3. The van der Waals surface area contributed by atoms with Crippen molar-refractivity contribution in [1.29, 1.82) is 0 Å². The molecule has 0 bridgehead atoms. The van der Waals surface area contributed by atoms with Gasteiger partial charge < -0.3 is 19.3 Å². The van der Waals surface area contributed by atoms with Crippen LogP contribution < -0.4 is 0 Å². The normalized spacial score (nSPS) is 13.4. The molecule has 50 heavy (non-hydrogen) atoms. The van der Waals surface area contributed by atoms with E-state index in [1.165, 1.54) is 0 Å². The minimum atomic E-state index is -7.92. The van der Waals surface area contributed by atoms with Crippen molar-refractivity contribution in [1.82, 2.24) is 0 Å². The summed E-state index contributed by atoms with van der Waals surface area (Å²) in [5, 5.41) is 8.73. The van der Waals surface area contributed by atoms with Gasteiger partial charge in [0.15, 0.2) is 0 Å². The quantitative estimate of drug-likeness (QED) is 0.0273. The molecule has 0 atom stereocenters. The number of aliphatic hydroxyl groups is 1. The molecule has 8 nitrogen and oxygen atoms in total. The van der Waals surface area contributed by atoms with Crippen LogP contribution in [0.25, 0.3) is 0 Å². The van der Waals surface area contributed by atoms with Crippen molar-refractivity contribution in [2.75, 3.05) is 26.4 Å². The molecule has 0 saturated heterocycles. The highest BCUT2D eigenvalue weighted by molar-refractivity contribution is 6.34. The van der Waals surface area contributed by atoms with E-state index in [-0.39, 0.29) is 12.8 Å². The van der Waals surface area contributed by atoms with Gasteiger partial charge in [-0.2, -0.15) is 52.7 Å². The van der Waals surface area contributed by atoms with Gasteiger partial charge in [0.2, 0.25) is 0 Å². The summed E-state index contributed by atoms with van der Waals surface area (Å²) in [6.07, 6.45) is -6.69. The van der Waals surface area contributed by atoms with Gasteiger partial charge in [0, 0.05) is 29.4 Å². The number of ketones is 1. The number of unbranched alkanes of at least 4 members (excludes halogenated alkanes) is 4. The molecular weight excluding hydrogens is 716 g/mol. The number of hydrogen-bond acceptors (Lipinski definition) is 8. The van der Waals surface area contributed by atoms with Crippen LogP contribution in [0.3, 0.4) is 0 Å². The molecule has 0 radical (unpaired) electrons. The number of esters is 3. The molecular formula is C30H38F12O8. The Morgan fingerprint density at radius 1 is 0.580 bits per heavy atom. The minimum absolute atomic E-state index is 0.136. The average Bonchev–Trinajstić information content (AvgIpc) is 3.00. The SMILES string of the molecule is C=C(C)C(=O)OCC(CCOC(=O)C(=O)CO)(COC(=O)C(=C)C)CC(F)(F)C(F)(F)C(F)(F)C(F)(F)C(F)(F)C(F)(F)CCCCCCC. The Hall–Kier alpha value is -3.32. The number of Topliss-reactive ketones (excluding diaryl/α,β-unsaturated/α-hetero) is 1. The maximum Gasteiger partial charge on any atom is 0.384 e. The van der Waals surface area contributed by atoms with Crippen molar-refractivity contribution < 1.29 is 91.2 Å². The van der Waals surface area contributed by atoms with Crippen molar-refractivity contribution >= 4 is 23.7 Å². The Morgan fingerprint density at radius 3 is 1.40 bits per heavy atom. The van der Waals surface area contributed by atoms with Crippen LogP contribution in [0.4, 0.5) is 52.7 Å².